The van der Waals surface area contributed by atoms with Crippen molar-refractivity contribution in [2.75, 3.05) is 26.2 Å². The van der Waals surface area contributed by atoms with Crippen molar-refractivity contribution in [3.63, 3.8) is 0 Å². The fourth-order valence-corrected chi connectivity index (χ4v) is 2.70. The summed E-state index contributed by atoms with van der Waals surface area (Å²) in [6, 6.07) is 0. The summed E-state index contributed by atoms with van der Waals surface area (Å²) < 4.78 is 3.19. The van der Waals surface area contributed by atoms with Crippen LogP contribution in [0.1, 0.15) is 25.2 Å². The summed E-state index contributed by atoms with van der Waals surface area (Å²) in [5, 5.41) is 4.60. The highest BCUT2D eigenvalue weighted by molar-refractivity contribution is 9.10. The predicted molar refractivity (Wildman–Crippen MR) is 78.4 cm³/mol. The van der Waals surface area contributed by atoms with Gasteiger partial charge >= 0.3 is 0 Å². The van der Waals surface area contributed by atoms with Gasteiger partial charge in [-0.1, -0.05) is 6.92 Å². The Hall–Kier alpha value is -0.430. The minimum atomic E-state index is 0.651. The van der Waals surface area contributed by atoms with Crippen LogP contribution in [-0.2, 0) is 19.5 Å². The zero-order valence-corrected chi connectivity index (χ0v) is 12.9. The van der Waals surface area contributed by atoms with Crippen LogP contribution in [0, 0.1) is 0 Å². The number of hydrogen-bond donors (Lipinski definition) is 2. The topological polar surface area (TPSA) is 73.1 Å². The van der Waals surface area contributed by atoms with Crippen LogP contribution in [0.3, 0.4) is 0 Å². The summed E-state index contributed by atoms with van der Waals surface area (Å²) in [5.41, 5.74) is 13.6. The highest BCUT2D eigenvalue weighted by atomic mass is 79.9. The van der Waals surface area contributed by atoms with E-state index in [4.69, 9.17) is 11.5 Å². The fourth-order valence-electron chi connectivity index (χ4n) is 2.02. The minimum absolute atomic E-state index is 0.651. The predicted octanol–water partition coefficient (Wildman–Crippen LogP) is 0.947. The molecule has 0 saturated carbocycles. The van der Waals surface area contributed by atoms with E-state index in [9.17, 15) is 0 Å². The van der Waals surface area contributed by atoms with Crippen LogP contribution in [0.15, 0.2) is 4.47 Å². The summed E-state index contributed by atoms with van der Waals surface area (Å²) in [4.78, 5) is 2.27. The zero-order chi connectivity index (χ0) is 13.5. The molecule has 0 aromatic carbocycles. The molecule has 1 rings (SSSR count). The molecule has 0 spiro atoms. The van der Waals surface area contributed by atoms with E-state index in [2.05, 4.69) is 44.5 Å². The lowest BCUT2D eigenvalue weighted by Gasteiger charge is -2.21. The SMILES string of the molecule is CCc1nn(CC)c(CN(CCN)CCN)c1Br. The number of halogens is 1. The van der Waals surface area contributed by atoms with Gasteiger partial charge in [0.2, 0.25) is 0 Å². The van der Waals surface area contributed by atoms with E-state index in [0.29, 0.717) is 13.1 Å². The Morgan fingerprint density at radius 2 is 1.83 bits per heavy atom. The lowest BCUT2D eigenvalue weighted by Crippen LogP contribution is -2.34. The monoisotopic (exact) mass is 317 g/mol. The van der Waals surface area contributed by atoms with Gasteiger partial charge in [0.1, 0.15) is 0 Å². The van der Waals surface area contributed by atoms with Gasteiger partial charge in [0.25, 0.3) is 0 Å². The molecule has 0 atom stereocenters. The molecule has 5 nitrogen and oxygen atoms in total. The quantitative estimate of drug-likeness (QED) is 0.748. The number of aromatic nitrogens is 2. The largest absolute Gasteiger partial charge is 0.329 e. The van der Waals surface area contributed by atoms with E-state index in [1.54, 1.807) is 0 Å². The third-order valence-corrected chi connectivity index (χ3v) is 3.87. The van der Waals surface area contributed by atoms with Crippen molar-refractivity contribution in [1.82, 2.24) is 14.7 Å². The van der Waals surface area contributed by atoms with Crippen LogP contribution in [0.5, 0.6) is 0 Å². The van der Waals surface area contributed by atoms with E-state index in [1.807, 2.05) is 0 Å². The van der Waals surface area contributed by atoms with Gasteiger partial charge in [-0.3, -0.25) is 9.58 Å². The first-order chi connectivity index (χ1) is 8.67. The average Bonchev–Trinajstić information content (AvgIpc) is 2.67. The van der Waals surface area contributed by atoms with Crippen LogP contribution in [0.2, 0.25) is 0 Å². The second-order valence-electron chi connectivity index (χ2n) is 4.23. The van der Waals surface area contributed by atoms with Crippen molar-refractivity contribution < 1.29 is 0 Å². The second-order valence-corrected chi connectivity index (χ2v) is 5.02. The highest BCUT2D eigenvalue weighted by Crippen LogP contribution is 2.23. The molecular weight excluding hydrogens is 294 g/mol. The van der Waals surface area contributed by atoms with Gasteiger partial charge in [-0.25, -0.2) is 0 Å². The lowest BCUT2D eigenvalue weighted by atomic mass is 10.3. The molecule has 0 bridgehead atoms. The molecule has 1 aromatic rings. The Bertz CT molecular complexity index is 358. The van der Waals surface area contributed by atoms with Gasteiger partial charge in [-0.15, -0.1) is 0 Å². The van der Waals surface area contributed by atoms with Crippen LogP contribution < -0.4 is 11.5 Å². The molecule has 4 N–H and O–H groups in total. The number of rotatable bonds is 8. The standard InChI is InChI=1S/C12H24BrN5/c1-3-10-12(13)11(18(4-2)16-10)9-17(7-5-14)8-6-15/h3-9,14-15H2,1-2H3. The first-order valence-corrected chi connectivity index (χ1v) is 7.33. The van der Waals surface area contributed by atoms with Gasteiger partial charge in [-0.05, 0) is 29.3 Å². The van der Waals surface area contributed by atoms with Crippen LogP contribution in [0.4, 0.5) is 0 Å². The van der Waals surface area contributed by atoms with Gasteiger partial charge in [0, 0.05) is 39.3 Å². The first kappa shape index (κ1) is 15.6. The summed E-state index contributed by atoms with van der Waals surface area (Å²) in [6.07, 6.45) is 0.939. The molecule has 0 aliphatic carbocycles. The summed E-state index contributed by atoms with van der Waals surface area (Å²) >= 11 is 3.66. The molecule has 1 heterocycles. The molecule has 0 amide bonds. The van der Waals surface area contributed by atoms with E-state index < -0.39 is 0 Å². The third-order valence-electron chi connectivity index (χ3n) is 2.96. The minimum Gasteiger partial charge on any atom is -0.329 e. The van der Waals surface area contributed by atoms with Gasteiger partial charge < -0.3 is 11.5 Å². The molecule has 0 aliphatic heterocycles. The molecule has 0 radical (unpaired) electrons. The number of nitrogens with two attached hydrogens (primary N) is 2. The van der Waals surface area contributed by atoms with Crippen LogP contribution in [-0.4, -0.2) is 40.9 Å². The van der Waals surface area contributed by atoms with E-state index in [1.165, 1.54) is 5.69 Å². The Morgan fingerprint density at radius 3 is 2.28 bits per heavy atom. The molecule has 0 unspecified atom stereocenters. The molecule has 1 aromatic heterocycles. The third kappa shape index (κ3) is 3.78. The number of hydrogen-bond acceptors (Lipinski definition) is 4. The van der Waals surface area contributed by atoms with E-state index >= 15 is 0 Å². The molecule has 104 valence electrons. The van der Waals surface area contributed by atoms with Crippen molar-refractivity contribution in [2.24, 2.45) is 11.5 Å². The molecule has 0 aliphatic rings. The zero-order valence-electron chi connectivity index (χ0n) is 11.3. The number of nitrogens with zero attached hydrogens (tertiary/aromatic N) is 3. The van der Waals surface area contributed by atoms with Crippen molar-refractivity contribution >= 4 is 15.9 Å². The smallest absolute Gasteiger partial charge is 0.0767 e. The Balaban J connectivity index is 2.89. The maximum absolute atomic E-state index is 5.64. The Morgan fingerprint density at radius 1 is 1.22 bits per heavy atom. The molecule has 0 saturated heterocycles. The molecular formula is C12H24BrN5. The summed E-state index contributed by atoms with van der Waals surface area (Å²) in [7, 11) is 0. The molecule has 6 heteroatoms. The number of aryl methyl sites for hydroxylation is 2. The van der Waals surface area contributed by atoms with Crippen LogP contribution in [0.25, 0.3) is 0 Å². The Labute approximate surface area is 118 Å². The van der Waals surface area contributed by atoms with E-state index in [0.717, 1.165) is 42.8 Å². The summed E-state index contributed by atoms with van der Waals surface area (Å²) in [6.45, 7) is 8.98. The van der Waals surface area contributed by atoms with Crippen molar-refractivity contribution in [3.05, 3.63) is 15.9 Å². The highest BCUT2D eigenvalue weighted by Gasteiger charge is 2.16. The fraction of sp³-hybridized carbons (Fsp3) is 0.750. The lowest BCUT2D eigenvalue weighted by molar-refractivity contribution is 0.271. The van der Waals surface area contributed by atoms with Crippen molar-refractivity contribution in [1.29, 1.82) is 0 Å². The summed E-state index contributed by atoms with van der Waals surface area (Å²) in [5.74, 6) is 0. The Kier molecular flexibility index (Phi) is 6.85. The van der Waals surface area contributed by atoms with Crippen LogP contribution >= 0.6 is 15.9 Å². The van der Waals surface area contributed by atoms with Gasteiger partial charge in [-0.2, -0.15) is 5.10 Å². The van der Waals surface area contributed by atoms with Gasteiger partial charge in [0.05, 0.1) is 15.9 Å². The second kappa shape index (κ2) is 7.89. The van der Waals surface area contributed by atoms with E-state index in [-0.39, 0.29) is 0 Å². The normalized spacial score (nSPS) is 11.4. The maximum atomic E-state index is 5.64. The van der Waals surface area contributed by atoms with Crippen molar-refractivity contribution in [2.45, 2.75) is 33.4 Å². The maximum Gasteiger partial charge on any atom is 0.0767 e. The molecule has 18 heavy (non-hydrogen) atoms. The molecule has 0 fully saturated rings. The van der Waals surface area contributed by atoms with Crippen molar-refractivity contribution in [3.8, 4) is 0 Å². The average molecular weight is 318 g/mol. The first-order valence-electron chi connectivity index (χ1n) is 6.54. The van der Waals surface area contributed by atoms with Gasteiger partial charge in [0.15, 0.2) is 0 Å².